The van der Waals surface area contributed by atoms with Crippen LogP contribution in [0.15, 0.2) is 102 Å². The van der Waals surface area contributed by atoms with Gasteiger partial charge in [-0.05, 0) is 48.6 Å². The molecule has 180 valence electrons. The number of nitrogens with zero attached hydrogens (tertiary/aromatic N) is 1. The predicted octanol–water partition coefficient (Wildman–Crippen LogP) is 6.77. The van der Waals surface area contributed by atoms with Crippen molar-refractivity contribution in [2.75, 3.05) is 0 Å². The van der Waals surface area contributed by atoms with Crippen LogP contribution in [0.3, 0.4) is 0 Å². The fourth-order valence-corrected chi connectivity index (χ4v) is 5.22. The van der Waals surface area contributed by atoms with Crippen molar-refractivity contribution in [1.29, 1.82) is 0 Å². The molecule has 0 spiro atoms. The highest BCUT2D eigenvalue weighted by Gasteiger charge is 2.24. The number of unbranched alkanes of at least 4 members (excludes halogenated alkanes) is 3. The number of aryl methyl sites for hydroxylation is 1. The standard InChI is InChI=1S/C29H35NO3S/c1-3-4-5-10-17-27(29(31)26-15-11-7-12-16-26)23-30(22-25-13-8-6-9-14-25)34(32,33)28-20-18-24(2)19-21-28/h6-9,11-16,18-21,23,29,31H,3-5,10,17,22H2,1-2H3/b27-23+. The van der Waals surface area contributed by atoms with Gasteiger partial charge in [-0.15, -0.1) is 0 Å². The Labute approximate surface area is 204 Å². The van der Waals surface area contributed by atoms with E-state index in [0.717, 1.165) is 42.4 Å². The van der Waals surface area contributed by atoms with Gasteiger partial charge in [0.2, 0.25) is 0 Å². The SMILES string of the molecule is CCCCCC/C(=C\N(Cc1ccccc1)S(=O)(=O)c1ccc(C)cc1)C(O)c1ccccc1. The van der Waals surface area contributed by atoms with E-state index in [4.69, 9.17) is 0 Å². The lowest BCUT2D eigenvalue weighted by Crippen LogP contribution is -2.27. The molecular weight excluding hydrogens is 442 g/mol. The van der Waals surface area contributed by atoms with Gasteiger partial charge in [-0.3, -0.25) is 4.31 Å². The van der Waals surface area contributed by atoms with E-state index in [-0.39, 0.29) is 11.4 Å². The minimum atomic E-state index is -3.82. The van der Waals surface area contributed by atoms with Gasteiger partial charge in [0.05, 0.1) is 11.4 Å². The Morgan fingerprint density at radius 2 is 1.50 bits per heavy atom. The van der Waals surface area contributed by atoms with Crippen molar-refractivity contribution in [3.05, 3.63) is 113 Å². The number of rotatable bonds is 12. The maximum absolute atomic E-state index is 13.7. The fourth-order valence-electron chi connectivity index (χ4n) is 3.87. The van der Waals surface area contributed by atoms with Crippen LogP contribution >= 0.6 is 0 Å². The number of aliphatic hydroxyl groups excluding tert-OH is 1. The Morgan fingerprint density at radius 3 is 2.12 bits per heavy atom. The molecule has 0 amide bonds. The van der Waals surface area contributed by atoms with E-state index in [2.05, 4.69) is 6.92 Å². The van der Waals surface area contributed by atoms with Crippen molar-refractivity contribution in [2.24, 2.45) is 0 Å². The lowest BCUT2D eigenvalue weighted by atomic mass is 9.97. The Kier molecular flexibility index (Phi) is 9.49. The van der Waals surface area contributed by atoms with Crippen LogP contribution in [-0.2, 0) is 16.6 Å². The molecule has 0 aliphatic carbocycles. The molecule has 0 aromatic heterocycles. The number of sulfonamides is 1. The molecule has 34 heavy (non-hydrogen) atoms. The molecular formula is C29H35NO3S. The fraction of sp³-hybridized carbons (Fsp3) is 0.310. The van der Waals surface area contributed by atoms with Gasteiger partial charge in [-0.1, -0.05) is 105 Å². The van der Waals surface area contributed by atoms with Crippen molar-refractivity contribution in [3.63, 3.8) is 0 Å². The lowest BCUT2D eigenvalue weighted by molar-refractivity contribution is 0.208. The molecule has 1 N–H and O–H groups in total. The van der Waals surface area contributed by atoms with E-state index < -0.39 is 16.1 Å². The van der Waals surface area contributed by atoms with Crippen LogP contribution in [0.4, 0.5) is 0 Å². The summed E-state index contributed by atoms with van der Waals surface area (Å²) in [5.41, 5.74) is 3.35. The summed E-state index contributed by atoms with van der Waals surface area (Å²) >= 11 is 0. The van der Waals surface area contributed by atoms with E-state index in [1.165, 1.54) is 4.31 Å². The zero-order chi connectivity index (χ0) is 24.4. The highest BCUT2D eigenvalue weighted by molar-refractivity contribution is 7.89. The first-order valence-electron chi connectivity index (χ1n) is 12.0. The van der Waals surface area contributed by atoms with E-state index in [9.17, 15) is 13.5 Å². The van der Waals surface area contributed by atoms with E-state index >= 15 is 0 Å². The third kappa shape index (κ3) is 7.05. The predicted molar refractivity (Wildman–Crippen MR) is 139 cm³/mol. The molecule has 0 radical (unpaired) electrons. The Morgan fingerprint density at radius 1 is 0.882 bits per heavy atom. The van der Waals surface area contributed by atoms with Crippen LogP contribution in [0.1, 0.15) is 61.8 Å². The molecule has 3 rings (SSSR count). The summed E-state index contributed by atoms with van der Waals surface area (Å²) in [7, 11) is -3.82. The number of hydrogen-bond acceptors (Lipinski definition) is 3. The summed E-state index contributed by atoms with van der Waals surface area (Å²) in [6.07, 6.45) is 5.59. The van der Waals surface area contributed by atoms with Gasteiger partial charge in [-0.2, -0.15) is 0 Å². The number of benzene rings is 3. The third-order valence-corrected chi connectivity index (χ3v) is 7.62. The van der Waals surface area contributed by atoms with Gasteiger partial charge in [0, 0.05) is 6.20 Å². The average Bonchev–Trinajstić information content (AvgIpc) is 2.86. The highest BCUT2D eigenvalue weighted by Crippen LogP contribution is 2.29. The van der Waals surface area contributed by atoms with Gasteiger partial charge >= 0.3 is 0 Å². The molecule has 0 aliphatic heterocycles. The van der Waals surface area contributed by atoms with Gasteiger partial charge in [0.1, 0.15) is 6.10 Å². The third-order valence-electron chi connectivity index (χ3n) is 5.90. The second-order valence-electron chi connectivity index (χ2n) is 8.68. The minimum absolute atomic E-state index is 0.191. The Bertz CT molecular complexity index is 1140. The van der Waals surface area contributed by atoms with Crippen LogP contribution in [0.25, 0.3) is 0 Å². The highest BCUT2D eigenvalue weighted by atomic mass is 32.2. The summed E-state index contributed by atoms with van der Waals surface area (Å²) in [4.78, 5) is 0.241. The van der Waals surface area contributed by atoms with Crippen LogP contribution in [-0.4, -0.2) is 17.8 Å². The summed E-state index contributed by atoms with van der Waals surface area (Å²) in [6.45, 7) is 4.28. The van der Waals surface area contributed by atoms with Crippen LogP contribution in [0.2, 0.25) is 0 Å². The zero-order valence-electron chi connectivity index (χ0n) is 20.1. The zero-order valence-corrected chi connectivity index (χ0v) is 20.9. The maximum atomic E-state index is 13.7. The maximum Gasteiger partial charge on any atom is 0.264 e. The molecule has 1 atom stereocenters. The molecule has 1 unspecified atom stereocenters. The first kappa shape index (κ1) is 25.7. The summed E-state index contributed by atoms with van der Waals surface area (Å²) in [5, 5.41) is 11.2. The summed E-state index contributed by atoms with van der Waals surface area (Å²) in [6, 6.07) is 25.9. The quantitative estimate of drug-likeness (QED) is 0.293. The summed E-state index contributed by atoms with van der Waals surface area (Å²) in [5.74, 6) is 0. The summed E-state index contributed by atoms with van der Waals surface area (Å²) < 4.78 is 28.8. The van der Waals surface area contributed by atoms with Gasteiger partial charge < -0.3 is 5.11 Å². The Hall–Kier alpha value is -2.89. The lowest BCUT2D eigenvalue weighted by Gasteiger charge is -2.25. The average molecular weight is 478 g/mol. The first-order valence-corrected chi connectivity index (χ1v) is 13.4. The molecule has 0 saturated heterocycles. The molecule has 0 heterocycles. The van der Waals surface area contributed by atoms with E-state index in [0.29, 0.717) is 12.0 Å². The Balaban J connectivity index is 2.03. The van der Waals surface area contributed by atoms with Crippen molar-refractivity contribution >= 4 is 10.0 Å². The minimum Gasteiger partial charge on any atom is -0.384 e. The molecule has 5 heteroatoms. The molecule has 0 aliphatic rings. The van der Waals surface area contributed by atoms with Crippen LogP contribution < -0.4 is 0 Å². The normalized spacial score (nSPS) is 13.0. The molecule has 0 fully saturated rings. The van der Waals surface area contributed by atoms with Crippen molar-refractivity contribution in [2.45, 2.75) is 63.5 Å². The molecule has 0 saturated carbocycles. The molecule has 4 nitrogen and oxygen atoms in total. The van der Waals surface area contributed by atoms with E-state index in [1.807, 2.05) is 79.7 Å². The van der Waals surface area contributed by atoms with Crippen LogP contribution in [0, 0.1) is 6.92 Å². The van der Waals surface area contributed by atoms with Crippen molar-refractivity contribution in [1.82, 2.24) is 4.31 Å². The molecule has 0 bridgehead atoms. The van der Waals surface area contributed by atoms with Gasteiger partial charge in [-0.25, -0.2) is 8.42 Å². The molecule has 3 aromatic rings. The second-order valence-corrected chi connectivity index (χ2v) is 10.6. The van der Waals surface area contributed by atoms with Gasteiger partial charge in [0.15, 0.2) is 0 Å². The van der Waals surface area contributed by atoms with Crippen molar-refractivity contribution in [3.8, 4) is 0 Å². The van der Waals surface area contributed by atoms with Crippen molar-refractivity contribution < 1.29 is 13.5 Å². The first-order chi connectivity index (χ1) is 16.4. The second kappa shape index (κ2) is 12.5. The van der Waals surface area contributed by atoms with E-state index in [1.54, 1.807) is 18.3 Å². The number of aliphatic hydroxyl groups is 1. The molecule has 3 aromatic carbocycles. The topological polar surface area (TPSA) is 57.6 Å². The number of hydrogen-bond donors (Lipinski definition) is 1. The largest absolute Gasteiger partial charge is 0.384 e. The van der Waals surface area contributed by atoms with Gasteiger partial charge in [0.25, 0.3) is 10.0 Å². The van der Waals surface area contributed by atoms with Crippen LogP contribution in [0.5, 0.6) is 0 Å². The smallest absolute Gasteiger partial charge is 0.264 e. The monoisotopic (exact) mass is 477 g/mol.